The Morgan fingerprint density at radius 2 is 1.95 bits per heavy atom. The zero-order valence-electron chi connectivity index (χ0n) is 13.8. The number of nitrogens with one attached hydrogen (secondary N) is 2. The Labute approximate surface area is 128 Å². The summed E-state index contributed by atoms with van der Waals surface area (Å²) >= 11 is 0. The van der Waals surface area contributed by atoms with Crippen molar-refractivity contribution in [1.82, 2.24) is 10.6 Å². The van der Waals surface area contributed by atoms with Gasteiger partial charge >= 0.3 is 0 Å². The first kappa shape index (κ1) is 17.5. The third kappa shape index (κ3) is 6.63. The first-order chi connectivity index (χ1) is 9.92. The minimum Gasteiger partial charge on any atom is -0.491 e. The molecular weight excluding hydrogens is 264 g/mol. The first-order valence-corrected chi connectivity index (χ1v) is 7.71. The van der Waals surface area contributed by atoms with Gasteiger partial charge in [0.1, 0.15) is 5.75 Å². The molecule has 0 heterocycles. The van der Waals surface area contributed by atoms with Gasteiger partial charge in [0.25, 0.3) is 0 Å². The van der Waals surface area contributed by atoms with Crippen molar-refractivity contribution >= 4 is 5.91 Å². The molecule has 0 aliphatic heterocycles. The van der Waals surface area contributed by atoms with E-state index < -0.39 is 0 Å². The summed E-state index contributed by atoms with van der Waals surface area (Å²) in [6.45, 7) is 10.5. The van der Waals surface area contributed by atoms with E-state index in [1.54, 1.807) is 0 Å². The number of hydrogen-bond donors (Lipinski definition) is 2. The minimum absolute atomic E-state index is 0.0120. The van der Waals surface area contributed by atoms with Crippen LogP contribution in [0.1, 0.15) is 52.6 Å². The normalized spacial score (nSPS) is 13.8. The van der Waals surface area contributed by atoms with Gasteiger partial charge in [0, 0.05) is 6.04 Å². The van der Waals surface area contributed by atoms with Crippen molar-refractivity contribution in [2.75, 3.05) is 6.54 Å². The number of carbonyl (C=O) groups excluding carboxylic acids is 1. The Hall–Kier alpha value is -1.55. The molecule has 1 rings (SSSR count). The third-order valence-corrected chi connectivity index (χ3v) is 3.33. The molecule has 4 nitrogen and oxygen atoms in total. The van der Waals surface area contributed by atoms with E-state index >= 15 is 0 Å². The number of amides is 1. The minimum atomic E-state index is -0.0352. The lowest BCUT2D eigenvalue weighted by Gasteiger charge is -2.17. The summed E-state index contributed by atoms with van der Waals surface area (Å²) in [6, 6.07) is 8.18. The van der Waals surface area contributed by atoms with Crippen molar-refractivity contribution in [3.8, 4) is 5.75 Å². The number of benzene rings is 1. The van der Waals surface area contributed by atoms with Crippen LogP contribution in [0.5, 0.6) is 5.75 Å². The van der Waals surface area contributed by atoms with E-state index in [1.165, 1.54) is 0 Å². The molecule has 1 aromatic rings. The molecule has 21 heavy (non-hydrogen) atoms. The zero-order valence-corrected chi connectivity index (χ0v) is 13.8. The molecule has 2 N–H and O–H groups in total. The SMILES string of the molecule is CCC(C)NCC(=O)NC(C)c1cccc(OC(C)C)c1. The van der Waals surface area contributed by atoms with Crippen molar-refractivity contribution in [2.24, 2.45) is 0 Å². The standard InChI is InChI=1S/C17H28N2O2/c1-6-13(4)18-11-17(20)19-14(5)15-8-7-9-16(10-15)21-12(2)3/h7-10,12-14,18H,6,11H2,1-5H3,(H,19,20). The summed E-state index contributed by atoms with van der Waals surface area (Å²) in [7, 11) is 0. The van der Waals surface area contributed by atoms with Crippen LogP contribution in [-0.2, 0) is 4.79 Å². The molecule has 118 valence electrons. The Kier molecular flexibility index (Phi) is 7.23. The Balaban J connectivity index is 2.54. The number of rotatable bonds is 8. The van der Waals surface area contributed by atoms with Crippen molar-refractivity contribution in [3.63, 3.8) is 0 Å². The van der Waals surface area contributed by atoms with Crippen LogP contribution >= 0.6 is 0 Å². The molecule has 1 aromatic carbocycles. The fourth-order valence-corrected chi connectivity index (χ4v) is 1.92. The van der Waals surface area contributed by atoms with Crippen LogP contribution in [0, 0.1) is 0 Å². The molecule has 0 fully saturated rings. The van der Waals surface area contributed by atoms with E-state index in [0.29, 0.717) is 12.6 Å². The molecular formula is C17H28N2O2. The van der Waals surface area contributed by atoms with Gasteiger partial charge in [0.15, 0.2) is 0 Å². The third-order valence-electron chi connectivity index (χ3n) is 3.33. The lowest BCUT2D eigenvalue weighted by Crippen LogP contribution is -2.38. The molecule has 1 amide bonds. The molecule has 0 aliphatic rings. The highest BCUT2D eigenvalue weighted by Gasteiger charge is 2.11. The number of carbonyl (C=O) groups is 1. The fraction of sp³-hybridized carbons (Fsp3) is 0.588. The van der Waals surface area contributed by atoms with E-state index in [9.17, 15) is 4.79 Å². The van der Waals surface area contributed by atoms with Crippen LogP contribution in [0.4, 0.5) is 0 Å². The molecule has 0 aromatic heterocycles. The van der Waals surface area contributed by atoms with Gasteiger partial charge in [0.05, 0.1) is 18.7 Å². The maximum Gasteiger partial charge on any atom is 0.234 e. The summed E-state index contributed by atoms with van der Waals surface area (Å²) in [5.41, 5.74) is 1.05. The highest BCUT2D eigenvalue weighted by Crippen LogP contribution is 2.19. The number of hydrogen-bond acceptors (Lipinski definition) is 3. The number of ether oxygens (including phenoxy) is 1. The van der Waals surface area contributed by atoms with Crippen LogP contribution in [0.2, 0.25) is 0 Å². The van der Waals surface area contributed by atoms with Crippen molar-refractivity contribution in [1.29, 1.82) is 0 Å². The van der Waals surface area contributed by atoms with E-state index in [2.05, 4.69) is 24.5 Å². The maximum atomic E-state index is 11.9. The lowest BCUT2D eigenvalue weighted by molar-refractivity contribution is -0.121. The summed E-state index contributed by atoms with van der Waals surface area (Å²) in [6.07, 6.45) is 1.15. The summed E-state index contributed by atoms with van der Waals surface area (Å²) in [5.74, 6) is 0.847. The average molecular weight is 292 g/mol. The molecule has 0 saturated carbocycles. The summed E-state index contributed by atoms with van der Waals surface area (Å²) in [5, 5.41) is 6.19. The second kappa shape index (κ2) is 8.67. The Morgan fingerprint density at radius 1 is 1.24 bits per heavy atom. The predicted octanol–water partition coefficient (Wildman–Crippen LogP) is 3.04. The Bertz CT molecular complexity index is 446. The fourth-order valence-electron chi connectivity index (χ4n) is 1.92. The molecule has 0 radical (unpaired) electrons. The molecule has 0 aliphatic carbocycles. The van der Waals surface area contributed by atoms with Gasteiger partial charge in [-0.1, -0.05) is 19.1 Å². The van der Waals surface area contributed by atoms with E-state index in [4.69, 9.17) is 4.74 Å². The van der Waals surface area contributed by atoms with Crippen LogP contribution in [0.25, 0.3) is 0 Å². The van der Waals surface area contributed by atoms with E-state index in [0.717, 1.165) is 17.7 Å². The smallest absolute Gasteiger partial charge is 0.234 e. The molecule has 0 saturated heterocycles. The van der Waals surface area contributed by atoms with Crippen molar-refractivity contribution in [2.45, 2.75) is 59.2 Å². The van der Waals surface area contributed by atoms with Crippen LogP contribution in [0.3, 0.4) is 0 Å². The highest BCUT2D eigenvalue weighted by molar-refractivity contribution is 5.78. The van der Waals surface area contributed by atoms with Crippen molar-refractivity contribution < 1.29 is 9.53 Å². The van der Waals surface area contributed by atoms with Gasteiger partial charge in [-0.05, 0) is 51.8 Å². The molecule has 2 unspecified atom stereocenters. The lowest BCUT2D eigenvalue weighted by atomic mass is 10.1. The second-order valence-electron chi connectivity index (χ2n) is 5.72. The Morgan fingerprint density at radius 3 is 2.57 bits per heavy atom. The largest absolute Gasteiger partial charge is 0.491 e. The molecule has 0 bridgehead atoms. The predicted molar refractivity (Wildman–Crippen MR) is 86.5 cm³/mol. The highest BCUT2D eigenvalue weighted by atomic mass is 16.5. The topological polar surface area (TPSA) is 50.4 Å². The van der Waals surface area contributed by atoms with Crippen LogP contribution < -0.4 is 15.4 Å². The first-order valence-electron chi connectivity index (χ1n) is 7.71. The monoisotopic (exact) mass is 292 g/mol. The van der Waals surface area contributed by atoms with E-state index in [1.807, 2.05) is 45.0 Å². The van der Waals surface area contributed by atoms with Crippen LogP contribution in [-0.4, -0.2) is 24.6 Å². The molecule has 0 spiro atoms. The molecule has 4 heteroatoms. The van der Waals surface area contributed by atoms with E-state index in [-0.39, 0.29) is 18.1 Å². The second-order valence-corrected chi connectivity index (χ2v) is 5.72. The van der Waals surface area contributed by atoms with Crippen molar-refractivity contribution in [3.05, 3.63) is 29.8 Å². The van der Waals surface area contributed by atoms with Gasteiger partial charge in [0.2, 0.25) is 5.91 Å². The van der Waals surface area contributed by atoms with Gasteiger partial charge in [-0.25, -0.2) is 0 Å². The molecule has 2 atom stereocenters. The van der Waals surface area contributed by atoms with Gasteiger partial charge < -0.3 is 15.4 Å². The summed E-state index contributed by atoms with van der Waals surface area (Å²) < 4.78 is 5.68. The average Bonchev–Trinajstić information content (AvgIpc) is 2.44. The van der Waals surface area contributed by atoms with Gasteiger partial charge in [-0.15, -0.1) is 0 Å². The summed E-state index contributed by atoms with van der Waals surface area (Å²) in [4.78, 5) is 11.9. The van der Waals surface area contributed by atoms with Gasteiger partial charge in [-0.2, -0.15) is 0 Å². The quantitative estimate of drug-likeness (QED) is 0.774. The van der Waals surface area contributed by atoms with Gasteiger partial charge in [-0.3, -0.25) is 4.79 Å². The van der Waals surface area contributed by atoms with Crippen LogP contribution in [0.15, 0.2) is 24.3 Å². The maximum absolute atomic E-state index is 11.9. The zero-order chi connectivity index (χ0) is 15.8.